The van der Waals surface area contributed by atoms with E-state index in [1.807, 2.05) is 44.2 Å². The molecular formula is C14H17N3O2. The summed E-state index contributed by atoms with van der Waals surface area (Å²) < 4.78 is 4.63. The lowest BCUT2D eigenvalue weighted by molar-refractivity contribution is -0.124. The van der Waals surface area contributed by atoms with E-state index in [1.54, 1.807) is 0 Å². The highest BCUT2D eigenvalue weighted by Gasteiger charge is 2.10. The van der Waals surface area contributed by atoms with E-state index >= 15 is 0 Å². The zero-order chi connectivity index (χ0) is 13.7. The first-order valence-electron chi connectivity index (χ1n) is 6.30. The minimum atomic E-state index is -0.0198. The number of hydrogen-bond donors (Lipinski definition) is 1. The number of hydrogen-bond acceptors (Lipinski definition) is 4. The Balaban J connectivity index is 1.92. The monoisotopic (exact) mass is 259 g/mol. The van der Waals surface area contributed by atoms with Crippen molar-refractivity contribution in [2.75, 3.05) is 0 Å². The molecule has 0 aliphatic rings. The van der Waals surface area contributed by atoms with Crippen LogP contribution in [0.5, 0.6) is 0 Å². The van der Waals surface area contributed by atoms with Crippen LogP contribution in [0.2, 0.25) is 0 Å². The Hall–Kier alpha value is -2.17. The number of aromatic nitrogens is 2. The lowest BCUT2D eigenvalue weighted by Gasteiger charge is -2.10. The van der Waals surface area contributed by atoms with E-state index in [1.165, 1.54) is 0 Å². The first-order valence-corrected chi connectivity index (χ1v) is 6.30. The van der Waals surface area contributed by atoms with Gasteiger partial charge in [-0.1, -0.05) is 25.1 Å². The molecule has 1 atom stereocenters. The number of rotatable bonds is 5. The molecule has 1 aromatic heterocycles. The fraction of sp³-hybridized carbons (Fsp3) is 0.357. The van der Waals surface area contributed by atoms with Crippen molar-refractivity contribution in [1.29, 1.82) is 0 Å². The molecule has 1 aromatic carbocycles. The molecule has 0 fully saturated rings. The summed E-state index contributed by atoms with van der Waals surface area (Å²) in [5, 5.41) is 10.4. The third-order valence-corrected chi connectivity index (χ3v) is 2.96. The summed E-state index contributed by atoms with van der Waals surface area (Å²) in [6.45, 7) is 4.35. The largest absolute Gasteiger partial charge is 0.352 e. The van der Waals surface area contributed by atoms with Crippen molar-refractivity contribution in [2.45, 2.75) is 26.8 Å². The molecule has 2 rings (SSSR count). The molecule has 0 saturated carbocycles. The van der Waals surface area contributed by atoms with E-state index in [0.29, 0.717) is 12.1 Å². The van der Waals surface area contributed by atoms with E-state index in [2.05, 4.69) is 20.3 Å². The van der Waals surface area contributed by atoms with E-state index in [4.69, 9.17) is 0 Å². The van der Waals surface area contributed by atoms with Crippen molar-refractivity contribution in [1.82, 2.24) is 15.6 Å². The van der Waals surface area contributed by atoms with Gasteiger partial charge in [0, 0.05) is 12.5 Å². The number of nitrogens with zero attached hydrogens (tertiary/aromatic N) is 2. The van der Waals surface area contributed by atoms with Crippen LogP contribution in [0.1, 0.15) is 25.8 Å². The second-order valence-electron chi connectivity index (χ2n) is 4.51. The smallest absolute Gasteiger partial charge is 0.223 e. The van der Waals surface area contributed by atoms with Crippen LogP contribution in [0.15, 0.2) is 35.0 Å². The number of fused-ring (bicyclic) bond motifs is 1. The topological polar surface area (TPSA) is 68.0 Å². The first kappa shape index (κ1) is 13.3. The van der Waals surface area contributed by atoms with E-state index < -0.39 is 0 Å². The Kier molecular flexibility index (Phi) is 4.28. The van der Waals surface area contributed by atoms with Crippen molar-refractivity contribution in [3.63, 3.8) is 0 Å². The third kappa shape index (κ3) is 3.40. The normalized spacial score (nSPS) is 12.9. The van der Waals surface area contributed by atoms with Crippen LogP contribution in [-0.4, -0.2) is 16.2 Å². The van der Waals surface area contributed by atoms with Crippen LogP contribution in [0.25, 0.3) is 11.0 Å². The van der Waals surface area contributed by atoms with Crippen LogP contribution in [0.4, 0.5) is 0 Å². The highest BCUT2D eigenvalue weighted by molar-refractivity contribution is 5.78. The lowest BCUT2D eigenvalue weighted by atomic mass is 10.1. The van der Waals surface area contributed by atoms with E-state index in [-0.39, 0.29) is 11.8 Å². The quantitative estimate of drug-likeness (QED) is 0.837. The Morgan fingerprint density at radius 1 is 1.42 bits per heavy atom. The minimum Gasteiger partial charge on any atom is -0.352 e. The summed E-state index contributed by atoms with van der Waals surface area (Å²) >= 11 is 0. The highest BCUT2D eigenvalue weighted by atomic mass is 16.6. The molecule has 0 aliphatic heterocycles. The van der Waals surface area contributed by atoms with Gasteiger partial charge in [0.25, 0.3) is 0 Å². The second kappa shape index (κ2) is 6.13. The van der Waals surface area contributed by atoms with Crippen LogP contribution < -0.4 is 5.32 Å². The average molecular weight is 259 g/mol. The number of amides is 1. The molecule has 0 spiro atoms. The predicted molar refractivity (Wildman–Crippen MR) is 72.2 cm³/mol. The van der Waals surface area contributed by atoms with Gasteiger partial charge in [-0.15, -0.1) is 0 Å². The van der Waals surface area contributed by atoms with Gasteiger partial charge >= 0.3 is 0 Å². The number of allylic oxidation sites excluding steroid dienone is 2. The molecule has 5 nitrogen and oxygen atoms in total. The standard InChI is InChI=1S/C14H17N3O2/c1-3-4-5-10(2)14(18)15-9-11-6-7-12-13(8-11)17-19-16-12/h3-4,6-8,10H,5,9H2,1-2H3,(H,15,18)/b4-3+. The van der Waals surface area contributed by atoms with Gasteiger partial charge in [-0.05, 0) is 41.4 Å². The van der Waals surface area contributed by atoms with Gasteiger partial charge in [0.2, 0.25) is 5.91 Å². The summed E-state index contributed by atoms with van der Waals surface area (Å²) in [5.74, 6) is 0.0325. The van der Waals surface area contributed by atoms with Gasteiger partial charge in [0.15, 0.2) is 0 Å². The number of carbonyl (C=O) groups excluding carboxylic acids is 1. The number of carbonyl (C=O) groups is 1. The fourth-order valence-corrected chi connectivity index (χ4v) is 1.75. The van der Waals surface area contributed by atoms with Crippen molar-refractivity contribution >= 4 is 16.9 Å². The minimum absolute atomic E-state index is 0.0198. The first-order chi connectivity index (χ1) is 9.20. The molecule has 1 heterocycles. The van der Waals surface area contributed by atoms with Crippen LogP contribution >= 0.6 is 0 Å². The number of nitrogens with one attached hydrogen (secondary N) is 1. The molecular weight excluding hydrogens is 242 g/mol. The van der Waals surface area contributed by atoms with Crippen molar-refractivity contribution in [3.05, 3.63) is 35.9 Å². The molecule has 0 aliphatic carbocycles. The fourth-order valence-electron chi connectivity index (χ4n) is 1.75. The second-order valence-corrected chi connectivity index (χ2v) is 4.51. The molecule has 0 saturated heterocycles. The van der Waals surface area contributed by atoms with Crippen molar-refractivity contribution in [2.24, 2.45) is 5.92 Å². The maximum Gasteiger partial charge on any atom is 0.223 e. The van der Waals surface area contributed by atoms with Gasteiger partial charge in [-0.3, -0.25) is 4.79 Å². The van der Waals surface area contributed by atoms with Crippen LogP contribution in [0.3, 0.4) is 0 Å². The molecule has 1 N–H and O–H groups in total. The zero-order valence-corrected chi connectivity index (χ0v) is 11.1. The summed E-state index contributed by atoms with van der Waals surface area (Å²) in [6.07, 6.45) is 4.71. The van der Waals surface area contributed by atoms with Crippen LogP contribution in [0, 0.1) is 5.92 Å². The summed E-state index contributed by atoms with van der Waals surface area (Å²) in [4.78, 5) is 11.8. The SMILES string of the molecule is C/C=C/CC(C)C(=O)NCc1ccc2nonc2c1. The highest BCUT2D eigenvalue weighted by Crippen LogP contribution is 2.11. The van der Waals surface area contributed by atoms with Crippen LogP contribution in [-0.2, 0) is 11.3 Å². The Bertz CT molecular complexity index is 589. The van der Waals surface area contributed by atoms with Crippen molar-refractivity contribution in [3.8, 4) is 0 Å². The molecule has 1 amide bonds. The molecule has 2 aromatic rings. The summed E-state index contributed by atoms with van der Waals surface area (Å²) in [7, 11) is 0. The molecule has 0 radical (unpaired) electrons. The summed E-state index contributed by atoms with van der Waals surface area (Å²) in [6, 6.07) is 5.60. The van der Waals surface area contributed by atoms with E-state index in [9.17, 15) is 4.79 Å². The lowest BCUT2D eigenvalue weighted by Crippen LogP contribution is -2.28. The Morgan fingerprint density at radius 2 is 2.21 bits per heavy atom. The molecule has 5 heteroatoms. The average Bonchev–Trinajstić information content (AvgIpc) is 2.89. The van der Waals surface area contributed by atoms with Gasteiger partial charge in [-0.25, -0.2) is 4.63 Å². The molecule has 100 valence electrons. The molecule has 0 bridgehead atoms. The maximum atomic E-state index is 11.8. The Morgan fingerprint density at radius 3 is 3.00 bits per heavy atom. The van der Waals surface area contributed by atoms with Crippen molar-refractivity contribution < 1.29 is 9.42 Å². The number of benzene rings is 1. The summed E-state index contributed by atoms with van der Waals surface area (Å²) in [5.41, 5.74) is 2.40. The van der Waals surface area contributed by atoms with Gasteiger partial charge < -0.3 is 5.32 Å². The predicted octanol–water partition coefficient (Wildman–Crippen LogP) is 2.44. The maximum absolute atomic E-state index is 11.8. The van der Waals surface area contributed by atoms with Gasteiger partial charge in [0.05, 0.1) is 0 Å². The molecule has 1 unspecified atom stereocenters. The third-order valence-electron chi connectivity index (χ3n) is 2.96. The zero-order valence-electron chi connectivity index (χ0n) is 11.1. The molecule has 19 heavy (non-hydrogen) atoms. The Labute approximate surface area is 111 Å². The van der Waals surface area contributed by atoms with E-state index in [0.717, 1.165) is 17.5 Å². The van der Waals surface area contributed by atoms with Gasteiger partial charge in [-0.2, -0.15) is 0 Å². The van der Waals surface area contributed by atoms with Gasteiger partial charge in [0.1, 0.15) is 11.0 Å².